The molecule has 3 heterocycles. The number of hydrogen-bond donors (Lipinski definition) is 3. The molecule has 0 radical (unpaired) electrons. The van der Waals surface area contributed by atoms with Crippen LogP contribution < -0.4 is 15.4 Å². The Kier molecular flexibility index (Phi) is 4.09. The quantitative estimate of drug-likeness (QED) is 0.667. The van der Waals surface area contributed by atoms with E-state index in [1.807, 2.05) is 4.72 Å². The van der Waals surface area contributed by atoms with Gasteiger partial charge in [-0.05, 0) is 49.7 Å². The summed E-state index contributed by atoms with van der Waals surface area (Å²) in [4.78, 5) is 29.1. The second-order valence-electron chi connectivity index (χ2n) is 7.45. The molecule has 29 heavy (non-hydrogen) atoms. The van der Waals surface area contributed by atoms with Crippen LogP contribution in [-0.2, 0) is 42.3 Å². The van der Waals surface area contributed by atoms with E-state index in [-0.39, 0.29) is 10.7 Å². The van der Waals surface area contributed by atoms with Gasteiger partial charge in [0, 0.05) is 24.0 Å². The van der Waals surface area contributed by atoms with Crippen LogP contribution in [0, 0.1) is 0 Å². The molecule has 0 aromatic carbocycles. The summed E-state index contributed by atoms with van der Waals surface area (Å²) in [6.07, 6.45) is 5.34. The Bertz CT molecular complexity index is 1120. The number of pyridine rings is 1. The van der Waals surface area contributed by atoms with E-state index < -0.39 is 22.0 Å². The zero-order chi connectivity index (χ0) is 20.2. The van der Waals surface area contributed by atoms with Gasteiger partial charge in [-0.15, -0.1) is 0 Å². The highest BCUT2D eigenvalue weighted by Crippen LogP contribution is 2.36. The number of amides is 3. The van der Waals surface area contributed by atoms with E-state index in [9.17, 15) is 18.0 Å². The third kappa shape index (κ3) is 3.05. The van der Waals surface area contributed by atoms with Gasteiger partial charge in [-0.25, -0.2) is 9.52 Å². The van der Waals surface area contributed by atoms with Gasteiger partial charge in [0.1, 0.15) is 5.69 Å². The normalized spacial score (nSPS) is 17.3. The highest BCUT2D eigenvalue weighted by molar-refractivity contribution is 7.90. The molecule has 0 atom stereocenters. The first-order chi connectivity index (χ1) is 13.9. The summed E-state index contributed by atoms with van der Waals surface area (Å²) in [7, 11) is -4.21. The van der Waals surface area contributed by atoms with Crippen molar-refractivity contribution in [2.75, 3.05) is 11.9 Å². The zero-order valence-corrected chi connectivity index (χ0v) is 16.4. The minimum Gasteiger partial charge on any atom is -0.349 e. The lowest BCUT2D eigenvalue weighted by Gasteiger charge is -2.15. The highest BCUT2D eigenvalue weighted by Gasteiger charge is 2.29. The molecule has 2 aliphatic carbocycles. The largest absolute Gasteiger partial charge is 0.349 e. The minimum absolute atomic E-state index is 0.154. The number of rotatable bonds is 3. The standard InChI is InChI=1S/C18H20N6O4S/c25-17-14-9-15(22-24(14)8-7-19-17)29(27,28)23-18(26)21-16-10-3-1-5-12(10)20-13-6-2-4-11(13)16/h9H,1-8H2,(H,19,25)(H2,20,21,23,26). The molecule has 0 fully saturated rings. The van der Waals surface area contributed by atoms with E-state index in [4.69, 9.17) is 4.98 Å². The summed E-state index contributed by atoms with van der Waals surface area (Å²) < 4.78 is 28.6. The summed E-state index contributed by atoms with van der Waals surface area (Å²) in [5, 5.41) is 8.99. The van der Waals surface area contributed by atoms with Gasteiger partial charge in [-0.1, -0.05) is 0 Å². The predicted molar refractivity (Wildman–Crippen MR) is 102 cm³/mol. The van der Waals surface area contributed by atoms with Gasteiger partial charge in [-0.3, -0.25) is 14.5 Å². The molecule has 10 nitrogen and oxygen atoms in total. The number of nitrogens with one attached hydrogen (secondary N) is 3. The van der Waals surface area contributed by atoms with Crippen molar-refractivity contribution in [3.63, 3.8) is 0 Å². The summed E-state index contributed by atoms with van der Waals surface area (Å²) in [5.41, 5.74) is 4.87. The molecule has 2 aromatic rings. The van der Waals surface area contributed by atoms with Gasteiger partial charge in [0.05, 0.1) is 12.2 Å². The van der Waals surface area contributed by atoms with Crippen molar-refractivity contribution in [2.45, 2.75) is 50.1 Å². The Morgan fingerprint density at radius 3 is 2.45 bits per heavy atom. The van der Waals surface area contributed by atoms with Crippen LogP contribution in [0.3, 0.4) is 0 Å². The summed E-state index contributed by atoms with van der Waals surface area (Å²) in [6, 6.07) is 0.334. The Labute approximate surface area is 167 Å². The van der Waals surface area contributed by atoms with Crippen molar-refractivity contribution in [1.82, 2.24) is 24.8 Å². The Hall–Kier alpha value is -2.95. The van der Waals surface area contributed by atoms with Crippen LogP contribution in [0.4, 0.5) is 10.5 Å². The number of carbonyl (C=O) groups excluding carboxylic acids is 2. The number of urea groups is 1. The van der Waals surface area contributed by atoms with E-state index in [1.54, 1.807) is 0 Å². The minimum atomic E-state index is -4.21. The number of fused-ring (bicyclic) bond motifs is 3. The number of aromatic nitrogens is 3. The molecule has 5 rings (SSSR count). The molecule has 0 unspecified atom stereocenters. The Morgan fingerprint density at radius 2 is 1.79 bits per heavy atom. The Morgan fingerprint density at radius 1 is 1.10 bits per heavy atom. The van der Waals surface area contributed by atoms with Gasteiger partial charge in [0.2, 0.25) is 0 Å². The van der Waals surface area contributed by atoms with Crippen LogP contribution in [0.5, 0.6) is 0 Å². The van der Waals surface area contributed by atoms with Crippen LogP contribution in [0.15, 0.2) is 11.1 Å². The number of sulfonamides is 1. The fourth-order valence-electron chi connectivity index (χ4n) is 4.29. The molecule has 0 bridgehead atoms. The molecular formula is C18H20N6O4S. The number of carbonyl (C=O) groups is 2. The van der Waals surface area contributed by atoms with E-state index in [2.05, 4.69) is 15.7 Å². The van der Waals surface area contributed by atoms with Crippen LogP contribution in [0.1, 0.15) is 45.8 Å². The lowest BCUT2D eigenvalue weighted by molar-refractivity contribution is 0.0924. The first kappa shape index (κ1) is 18.1. The Balaban J connectivity index is 1.40. The maximum atomic E-state index is 12.6. The molecule has 0 saturated heterocycles. The van der Waals surface area contributed by atoms with E-state index >= 15 is 0 Å². The lowest BCUT2D eigenvalue weighted by atomic mass is 10.1. The SMILES string of the molecule is O=C(Nc1c2c(nc3c1CCC3)CCC2)NS(=O)(=O)c1cc2n(n1)CCNC2=O. The summed E-state index contributed by atoms with van der Waals surface area (Å²) in [5.74, 6) is -0.391. The first-order valence-corrected chi connectivity index (χ1v) is 11.1. The van der Waals surface area contributed by atoms with Crippen LogP contribution in [-0.4, -0.2) is 41.7 Å². The van der Waals surface area contributed by atoms with Gasteiger partial charge >= 0.3 is 6.03 Å². The zero-order valence-electron chi connectivity index (χ0n) is 15.6. The van der Waals surface area contributed by atoms with E-state index in [1.165, 1.54) is 10.7 Å². The van der Waals surface area contributed by atoms with Crippen molar-refractivity contribution in [3.8, 4) is 0 Å². The predicted octanol–water partition coefficient (Wildman–Crippen LogP) is 0.509. The van der Waals surface area contributed by atoms with Gasteiger partial charge < -0.3 is 10.6 Å². The molecule has 0 spiro atoms. The average Bonchev–Trinajstić information content (AvgIpc) is 3.40. The average molecular weight is 416 g/mol. The molecule has 3 amide bonds. The second kappa shape index (κ2) is 6.55. The monoisotopic (exact) mass is 416 g/mol. The molecule has 11 heteroatoms. The van der Waals surface area contributed by atoms with Crippen LogP contribution in [0.25, 0.3) is 0 Å². The van der Waals surface area contributed by atoms with E-state index in [0.29, 0.717) is 18.8 Å². The fraction of sp³-hybridized carbons (Fsp3) is 0.444. The van der Waals surface area contributed by atoms with Crippen LogP contribution >= 0.6 is 0 Å². The van der Waals surface area contributed by atoms with Gasteiger partial charge in [0.15, 0.2) is 5.03 Å². The molecule has 0 saturated carbocycles. The lowest BCUT2D eigenvalue weighted by Crippen LogP contribution is -2.35. The van der Waals surface area contributed by atoms with Crippen molar-refractivity contribution in [2.24, 2.45) is 0 Å². The molecule has 3 N–H and O–H groups in total. The smallest absolute Gasteiger partial charge is 0.333 e. The molecule has 2 aromatic heterocycles. The molecular weight excluding hydrogens is 396 g/mol. The maximum Gasteiger partial charge on any atom is 0.333 e. The molecule has 3 aliphatic rings. The van der Waals surface area contributed by atoms with Crippen molar-refractivity contribution < 1.29 is 18.0 Å². The highest BCUT2D eigenvalue weighted by atomic mass is 32.2. The van der Waals surface area contributed by atoms with Gasteiger partial charge in [0.25, 0.3) is 15.9 Å². The fourth-order valence-corrected chi connectivity index (χ4v) is 5.17. The topological polar surface area (TPSA) is 135 Å². The second-order valence-corrected chi connectivity index (χ2v) is 9.08. The molecule has 1 aliphatic heterocycles. The van der Waals surface area contributed by atoms with Crippen LogP contribution in [0.2, 0.25) is 0 Å². The van der Waals surface area contributed by atoms with Crippen molar-refractivity contribution in [3.05, 3.63) is 34.3 Å². The third-order valence-corrected chi connectivity index (χ3v) is 6.80. The maximum absolute atomic E-state index is 12.6. The summed E-state index contributed by atoms with van der Waals surface area (Å²) >= 11 is 0. The third-order valence-electron chi connectivity index (χ3n) is 5.59. The number of nitrogens with zero attached hydrogens (tertiary/aromatic N) is 3. The summed E-state index contributed by atoms with van der Waals surface area (Å²) in [6.45, 7) is 0.747. The number of hydrogen-bond acceptors (Lipinski definition) is 6. The van der Waals surface area contributed by atoms with Gasteiger partial charge in [-0.2, -0.15) is 13.5 Å². The van der Waals surface area contributed by atoms with E-state index in [0.717, 1.165) is 61.0 Å². The molecule has 152 valence electrons. The number of aryl methyl sites for hydroxylation is 2. The first-order valence-electron chi connectivity index (χ1n) is 9.66. The number of anilines is 1. The van der Waals surface area contributed by atoms with Crippen molar-refractivity contribution in [1.29, 1.82) is 0 Å². The van der Waals surface area contributed by atoms with Crippen molar-refractivity contribution >= 4 is 27.6 Å².